The maximum Gasteiger partial charge on any atom is 0.307 e. The molecule has 1 aromatic heterocycles. The van der Waals surface area contributed by atoms with E-state index in [4.69, 9.17) is 14.2 Å². The van der Waals surface area contributed by atoms with Crippen molar-refractivity contribution < 1.29 is 19.3 Å². The van der Waals surface area contributed by atoms with E-state index in [-0.39, 0.29) is 10.8 Å². The lowest BCUT2D eigenvalue weighted by Crippen LogP contribution is -2.15. The van der Waals surface area contributed by atoms with Crippen LogP contribution < -0.4 is 19.1 Å². The van der Waals surface area contributed by atoms with Crippen molar-refractivity contribution in [1.29, 1.82) is 0 Å². The van der Waals surface area contributed by atoms with Crippen molar-refractivity contribution in [2.45, 2.75) is 70.8 Å². The van der Waals surface area contributed by atoms with Crippen LogP contribution in [0.25, 0.3) is 10.4 Å². The highest BCUT2D eigenvalue weighted by atomic mass is 32.1. The maximum atomic E-state index is 11.5. The van der Waals surface area contributed by atoms with Gasteiger partial charge in [-0.25, -0.2) is 0 Å². The van der Waals surface area contributed by atoms with Crippen LogP contribution >= 0.6 is 11.3 Å². The van der Waals surface area contributed by atoms with E-state index in [1.807, 2.05) is 36.4 Å². The van der Waals surface area contributed by atoms with Gasteiger partial charge in [-0.15, -0.1) is 0 Å². The SMILES string of the molecule is CCCc1cc(OC2CCCCCC2)ccc1OCCCOc1cccc(-c2sc(=O)[nH]c2O)c1. The van der Waals surface area contributed by atoms with Crippen LogP contribution in [0.5, 0.6) is 23.1 Å². The number of nitrogens with one attached hydrogen (secondary N) is 1. The Morgan fingerprint density at radius 1 is 1.00 bits per heavy atom. The van der Waals surface area contributed by atoms with Gasteiger partial charge >= 0.3 is 4.87 Å². The second-order valence-corrected chi connectivity index (χ2v) is 10.0. The number of aromatic nitrogens is 1. The normalized spacial score (nSPS) is 14.4. The Kier molecular flexibility index (Phi) is 9.12. The lowest BCUT2D eigenvalue weighted by atomic mass is 10.1. The first-order valence-electron chi connectivity index (χ1n) is 12.7. The summed E-state index contributed by atoms with van der Waals surface area (Å²) in [4.78, 5) is 14.1. The minimum atomic E-state index is -0.285. The third kappa shape index (κ3) is 7.28. The molecule has 2 aromatic carbocycles. The third-order valence-electron chi connectivity index (χ3n) is 6.20. The van der Waals surface area contributed by atoms with Gasteiger partial charge in [0, 0.05) is 12.0 Å². The number of H-pyrrole nitrogens is 1. The molecule has 4 rings (SSSR count). The Labute approximate surface area is 210 Å². The summed E-state index contributed by atoms with van der Waals surface area (Å²) >= 11 is 0.977. The minimum Gasteiger partial charge on any atom is -0.493 e. The van der Waals surface area contributed by atoms with Crippen LogP contribution in [0.2, 0.25) is 0 Å². The van der Waals surface area contributed by atoms with Crippen molar-refractivity contribution in [3.05, 3.63) is 57.7 Å². The molecule has 0 amide bonds. The van der Waals surface area contributed by atoms with Crippen molar-refractivity contribution in [1.82, 2.24) is 4.98 Å². The summed E-state index contributed by atoms with van der Waals surface area (Å²) in [5.41, 5.74) is 1.94. The highest BCUT2D eigenvalue weighted by Gasteiger charge is 2.15. The maximum absolute atomic E-state index is 11.5. The topological polar surface area (TPSA) is 80.8 Å². The Hall–Kier alpha value is -2.93. The van der Waals surface area contributed by atoms with E-state index in [1.54, 1.807) is 0 Å². The van der Waals surface area contributed by atoms with Gasteiger partial charge in [-0.05, 0) is 68.0 Å². The van der Waals surface area contributed by atoms with E-state index >= 15 is 0 Å². The van der Waals surface area contributed by atoms with E-state index < -0.39 is 0 Å². The summed E-state index contributed by atoms with van der Waals surface area (Å²) in [5.74, 6) is 2.45. The lowest BCUT2D eigenvalue weighted by molar-refractivity contribution is 0.183. The quantitative estimate of drug-likeness (QED) is 0.227. The molecule has 0 aliphatic heterocycles. The number of benzene rings is 2. The van der Waals surface area contributed by atoms with Crippen LogP contribution in [0.3, 0.4) is 0 Å². The van der Waals surface area contributed by atoms with Crippen LogP contribution in [0.4, 0.5) is 0 Å². The fourth-order valence-electron chi connectivity index (χ4n) is 4.46. The predicted molar refractivity (Wildman–Crippen MR) is 140 cm³/mol. The second-order valence-electron chi connectivity index (χ2n) is 9.02. The molecule has 1 aliphatic rings. The van der Waals surface area contributed by atoms with Gasteiger partial charge in [-0.2, -0.15) is 0 Å². The Balaban J connectivity index is 1.27. The Bertz CT molecular complexity index is 1130. The van der Waals surface area contributed by atoms with E-state index in [0.717, 1.165) is 60.5 Å². The van der Waals surface area contributed by atoms with E-state index in [0.29, 0.717) is 29.9 Å². The highest BCUT2D eigenvalue weighted by molar-refractivity contribution is 7.13. The largest absolute Gasteiger partial charge is 0.493 e. The van der Waals surface area contributed by atoms with Crippen LogP contribution in [0.1, 0.15) is 63.9 Å². The number of hydrogen-bond acceptors (Lipinski definition) is 6. The molecule has 0 spiro atoms. The molecular formula is C28H35NO5S. The smallest absolute Gasteiger partial charge is 0.307 e. The van der Waals surface area contributed by atoms with E-state index in [9.17, 15) is 9.90 Å². The van der Waals surface area contributed by atoms with Gasteiger partial charge in [0.25, 0.3) is 0 Å². The van der Waals surface area contributed by atoms with Crippen molar-refractivity contribution in [2.24, 2.45) is 0 Å². The standard InChI is InChI=1S/C28H35NO5S/c1-2-9-20-18-24(34-22-11-5-3-4-6-12-22)14-15-25(20)33-17-8-16-32-23-13-7-10-21(19-23)26-27(30)29-28(31)35-26/h7,10,13-15,18-19,22,30H,2-6,8-9,11-12,16-17H2,1H3,(H,29,31). The first kappa shape index (κ1) is 25.2. The molecule has 0 unspecified atom stereocenters. The minimum absolute atomic E-state index is 0.112. The fourth-order valence-corrected chi connectivity index (χ4v) is 5.19. The van der Waals surface area contributed by atoms with Gasteiger partial charge in [0.15, 0.2) is 0 Å². The molecule has 1 fully saturated rings. The molecule has 1 saturated carbocycles. The molecule has 7 heteroatoms. The van der Waals surface area contributed by atoms with Gasteiger partial charge < -0.3 is 19.3 Å². The molecular weight excluding hydrogens is 462 g/mol. The van der Waals surface area contributed by atoms with Gasteiger partial charge in [0.2, 0.25) is 5.88 Å². The molecule has 1 aliphatic carbocycles. The first-order chi connectivity index (χ1) is 17.1. The lowest BCUT2D eigenvalue weighted by Gasteiger charge is -2.19. The van der Waals surface area contributed by atoms with Crippen LogP contribution in [0.15, 0.2) is 47.3 Å². The molecule has 0 saturated heterocycles. The van der Waals surface area contributed by atoms with Gasteiger partial charge in [-0.3, -0.25) is 9.78 Å². The number of thiazole rings is 1. The number of rotatable bonds is 11. The summed E-state index contributed by atoms with van der Waals surface area (Å²) in [6.07, 6.45) is 10.5. The van der Waals surface area contributed by atoms with Gasteiger partial charge in [-0.1, -0.05) is 49.7 Å². The zero-order valence-corrected chi connectivity index (χ0v) is 21.2. The van der Waals surface area contributed by atoms with Crippen molar-refractivity contribution >= 4 is 11.3 Å². The zero-order chi connectivity index (χ0) is 24.5. The number of hydrogen-bond donors (Lipinski definition) is 2. The molecule has 188 valence electrons. The summed E-state index contributed by atoms with van der Waals surface area (Å²) in [6, 6.07) is 13.6. The van der Waals surface area contributed by atoms with Crippen LogP contribution in [-0.4, -0.2) is 29.4 Å². The number of ether oxygens (including phenoxy) is 3. The zero-order valence-electron chi connectivity index (χ0n) is 20.4. The molecule has 35 heavy (non-hydrogen) atoms. The number of aromatic amines is 1. The molecule has 0 bridgehead atoms. The highest BCUT2D eigenvalue weighted by Crippen LogP contribution is 2.32. The van der Waals surface area contributed by atoms with E-state index in [2.05, 4.69) is 18.0 Å². The van der Waals surface area contributed by atoms with Crippen LogP contribution in [0, 0.1) is 0 Å². The Morgan fingerprint density at radius 2 is 1.80 bits per heavy atom. The summed E-state index contributed by atoms with van der Waals surface area (Å²) in [6.45, 7) is 3.24. The molecule has 2 N–H and O–H groups in total. The molecule has 0 radical (unpaired) electrons. The monoisotopic (exact) mass is 497 g/mol. The molecule has 3 aromatic rings. The number of aryl methyl sites for hydroxylation is 1. The van der Waals surface area contributed by atoms with Crippen molar-refractivity contribution in [3.63, 3.8) is 0 Å². The van der Waals surface area contributed by atoms with Gasteiger partial charge in [0.05, 0.1) is 24.2 Å². The molecule has 0 atom stereocenters. The molecule has 6 nitrogen and oxygen atoms in total. The predicted octanol–water partition coefficient (Wildman–Crippen LogP) is 6.71. The summed E-state index contributed by atoms with van der Waals surface area (Å²) < 4.78 is 18.3. The van der Waals surface area contributed by atoms with Crippen molar-refractivity contribution in [2.75, 3.05) is 13.2 Å². The number of aromatic hydroxyl groups is 1. The van der Waals surface area contributed by atoms with Gasteiger partial charge in [0.1, 0.15) is 17.2 Å². The fraction of sp³-hybridized carbons (Fsp3) is 0.464. The first-order valence-corrected chi connectivity index (χ1v) is 13.5. The van der Waals surface area contributed by atoms with E-state index in [1.165, 1.54) is 31.2 Å². The summed E-state index contributed by atoms with van der Waals surface area (Å²) in [7, 11) is 0. The Morgan fingerprint density at radius 3 is 2.54 bits per heavy atom. The second kappa shape index (κ2) is 12.7. The van der Waals surface area contributed by atoms with Crippen LogP contribution in [-0.2, 0) is 6.42 Å². The third-order valence-corrected chi connectivity index (χ3v) is 7.12. The average molecular weight is 498 g/mol. The van der Waals surface area contributed by atoms with Crippen molar-refractivity contribution in [3.8, 4) is 33.6 Å². The average Bonchev–Trinajstić information content (AvgIpc) is 3.02. The molecule has 1 heterocycles. The summed E-state index contributed by atoms with van der Waals surface area (Å²) in [5, 5.41) is 9.89.